The molecule has 1 aromatic rings. The Morgan fingerprint density at radius 2 is 1.74 bits per heavy atom. The van der Waals surface area contributed by atoms with Crippen molar-refractivity contribution in [2.75, 3.05) is 52.9 Å². The molecule has 1 heterocycles. The van der Waals surface area contributed by atoms with Crippen molar-refractivity contribution in [2.24, 2.45) is 4.99 Å². The van der Waals surface area contributed by atoms with Gasteiger partial charge >= 0.3 is 0 Å². The van der Waals surface area contributed by atoms with Gasteiger partial charge in [0.15, 0.2) is 5.96 Å². The summed E-state index contributed by atoms with van der Waals surface area (Å²) in [5.74, 6) is 0.944. The molecule has 1 aromatic carbocycles. The van der Waals surface area contributed by atoms with Gasteiger partial charge in [-0.05, 0) is 58.4 Å². The third-order valence-electron chi connectivity index (χ3n) is 5.12. The molecule has 5 nitrogen and oxygen atoms in total. The maximum absolute atomic E-state index is 4.78. The van der Waals surface area contributed by atoms with Gasteiger partial charge in [0.05, 0.1) is 6.54 Å². The average molecular weight is 374 g/mol. The van der Waals surface area contributed by atoms with Gasteiger partial charge in [0.1, 0.15) is 0 Å². The first-order valence-electron chi connectivity index (χ1n) is 10.7. The minimum Gasteiger partial charge on any atom is -0.356 e. The molecule has 152 valence electrons. The minimum atomic E-state index is 0.722. The van der Waals surface area contributed by atoms with E-state index >= 15 is 0 Å². The van der Waals surface area contributed by atoms with E-state index in [4.69, 9.17) is 4.99 Å². The fourth-order valence-electron chi connectivity index (χ4n) is 3.25. The van der Waals surface area contributed by atoms with Crippen LogP contribution < -0.4 is 10.6 Å². The molecule has 0 saturated carbocycles. The number of nitrogens with one attached hydrogen (secondary N) is 2. The molecule has 0 aromatic heterocycles. The van der Waals surface area contributed by atoms with Crippen molar-refractivity contribution < 1.29 is 0 Å². The molecular weight excluding hydrogens is 334 g/mol. The number of rotatable bonds is 9. The highest BCUT2D eigenvalue weighted by Crippen LogP contribution is 2.04. The monoisotopic (exact) mass is 373 g/mol. The van der Waals surface area contributed by atoms with E-state index in [2.05, 4.69) is 65.6 Å². The van der Waals surface area contributed by atoms with Gasteiger partial charge in [-0.2, -0.15) is 0 Å². The molecule has 1 aliphatic heterocycles. The number of nitrogens with zero attached hydrogens (tertiary/aromatic N) is 3. The molecule has 1 saturated heterocycles. The lowest BCUT2D eigenvalue weighted by Gasteiger charge is -2.20. The predicted molar refractivity (Wildman–Crippen MR) is 116 cm³/mol. The molecule has 2 rings (SSSR count). The maximum Gasteiger partial charge on any atom is 0.191 e. The lowest BCUT2D eigenvalue weighted by Crippen LogP contribution is -2.39. The van der Waals surface area contributed by atoms with Crippen molar-refractivity contribution in [3.63, 3.8) is 0 Å². The van der Waals surface area contributed by atoms with Gasteiger partial charge in [-0.3, -0.25) is 0 Å². The van der Waals surface area contributed by atoms with Crippen LogP contribution in [0, 0.1) is 6.92 Å². The molecule has 1 fully saturated rings. The topological polar surface area (TPSA) is 42.9 Å². The van der Waals surface area contributed by atoms with Crippen LogP contribution in [-0.4, -0.2) is 68.6 Å². The summed E-state index contributed by atoms with van der Waals surface area (Å²) < 4.78 is 0. The Morgan fingerprint density at radius 3 is 2.48 bits per heavy atom. The number of hydrogen-bond donors (Lipinski definition) is 2. The van der Waals surface area contributed by atoms with Crippen LogP contribution in [0.3, 0.4) is 0 Å². The van der Waals surface area contributed by atoms with E-state index in [1.54, 1.807) is 0 Å². The van der Waals surface area contributed by atoms with Crippen LogP contribution >= 0.6 is 0 Å². The van der Waals surface area contributed by atoms with Crippen LogP contribution in [0.4, 0.5) is 0 Å². The van der Waals surface area contributed by atoms with E-state index < -0.39 is 0 Å². The summed E-state index contributed by atoms with van der Waals surface area (Å²) in [5.41, 5.74) is 2.55. The van der Waals surface area contributed by atoms with E-state index in [0.29, 0.717) is 0 Å². The molecule has 0 aliphatic carbocycles. The molecule has 0 unspecified atom stereocenters. The summed E-state index contributed by atoms with van der Waals surface area (Å²) in [4.78, 5) is 9.81. The SMILES string of the molecule is CCCCNC(=NCc1ccc(C)cc1)NCCCN1CCCN(C)CC1. The molecule has 5 heteroatoms. The van der Waals surface area contributed by atoms with Crippen molar-refractivity contribution in [1.29, 1.82) is 0 Å². The van der Waals surface area contributed by atoms with E-state index in [0.717, 1.165) is 32.0 Å². The molecule has 1 aliphatic rings. The van der Waals surface area contributed by atoms with Crippen LogP contribution in [0.2, 0.25) is 0 Å². The third kappa shape index (κ3) is 9.25. The highest BCUT2D eigenvalue weighted by molar-refractivity contribution is 5.79. The second-order valence-electron chi connectivity index (χ2n) is 7.71. The quantitative estimate of drug-likeness (QED) is 0.397. The summed E-state index contributed by atoms with van der Waals surface area (Å²) in [7, 11) is 2.23. The Bertz CT molecular complexity index is 540. The fourth-order valence-corrected chi connectivity index (χ4v) is 3.25. The van der Waals surface area contributed by atoms with E-state index in [9.17, 15) is 0 Å². The summed E-state index contributed by atoms with van der Waals surface area (Å²) in [6.45, 7) is 13.0. The Balaban J connectivity index is 1.75. The van der Waals surface area contributed by atoms with Crippen LogP contribution in [-0.2, 0) is 6.54 Å². The first-order chi connectivity index (χ1) is 13.2. The van der Waals surface area contributed by atoms with Gasteiger partial charge in [0, 0.05) is 26.2 Å². The van der Waals surface area contributed by atoms with Crippen molar-refractivity contribution >= 4 is 5.96 Å². The number of aryl methyl sites for hydroxylation is 1. The second-order valence-corrected chi connectivity index (χ2v) is 7.71. The number of benzene rings is 1. The Kier molecular flexibility index (Phi) is 10.2. The summed E-state index contributed by atoms with van der Waals surface area (Å²) >= 11 is 0. The normalized spacial score (nSPS) is 16.9. The minimum absolute atomic E-state index is 0.722. The standard InChI is InChI=1S/C22H39N5/c1-4-5-12-23-22(25-19-21-10-8-20(2)9-11-21)24-13-6-15-27-16-7-14-26(3)17-18-27/h8-11H,4-7,12-19H2,1-3H3,(H2,23,24,25). The van der Waals surface area contributed by atoms with E-state index in [-0.39, 0.29) is 0 Å². The highest BCUT2D eigenvalue weighted by atomic mass is 15.2. The molecule has 27 heavy (non-hydrogen) atoms. The molecule has 0 bridgehead atoms. The number of unbranched alkanes of at least 4 members (excludes halogenated alkanes) is 1. The molecule has 2 N–H and O–H groups in total. The molecule has 0 atom stereocenters. The van der Waals surface area contributed by atoms with Crippen LogP contribution in [0.5, 0.6) is 0 Å². The van der Waals surface area contributed by atoms with Gasteiger partial charge < -0.3 is 20.4 Å². The highest BCUT2D eigenvalue weighted by Gasteiger charge is 2.11. The predicted octanol–water partition coefficient (Wildman–Crippen LogP) is 2.86. The Labute approximate surface area is 166 Å². The molecule has 0 spiro atoms. The Morgan fingerprint density at radius 1 is 1.00 bits per heavy atom. The Hall–Kier alpha value is -1.59. The molecule has 0 radical (unpaired) electrons. The zero-order chi connectivity index (χ0) is 19.3. The lowest BCUT2D eigenvalue weighted by atomic mass is 10.1. The van der Waals surface area contributed by atoms with Crippen LogP contribution in [0.1, 0.15) is 43.7 Å². The average Bonchev–Trinajstić information content (AvgIpc) is 2.88. The van der Waals surface area contributed by atoms with Gasteiger partial charge in [0.25, 0.3) is 0 Å². The molecular formula is C22H39N5. The van der Waals surface area contributed by atoms with Gasteiger partial charge in [0.2, 0.25) is 0 Å². The van der Waals surface area contributed by atoms with Crippen LogP contribution in [0.15, 0.2) is 29.3 Å². The maximum atomic E-state index is 4.78. The van der Waals surface area contributed by atoms with E-state index in [1.807, 2.05) is 0 Å². The van der Waals surface area contributed by atoms with Gasteiger partial charge in [-0.25, -0.2) is 4.99 Å². The largest absolute Gasteiger partial charge is 0.356 e. The van der Waals surface area contributed by atoms with Crippen molar-refractivity contribution in [3.8, 4) is 0 Å². The van der Waals surface area contributed by atoms with Crippen molar-refractivity contribution in [1.82, 2.24) is 20.4 Å². The van der Waals surface area contributed by atoms with Gasteiger partial charge in [-0.1, -0.05) is 43.2 Å². The summed E-state index contributed by atoms with van der Waals surface area (Å²) in [6.07, 6.45) is 4.81. The van der Waals surface area contributed by atoms with E-state index in [1.165, 1.54) is 63.1 Å². The molecule has 0 amide bonds. The zero-order valence-electron chi connectivity index (χ0n) is 17.6. The number of likely N-dealkylation sites (N-methyl/N-ethyl adjacent to an activating group) is 1. The third-order valence-corrected chi connectivity index (χ3v) is 5.12. The van der Waals surface area contributed by atoms with Crippen molar-refractivity contribution in [2.45, 2.75) is 46.1 Å². The zero-order valence-corrected chi connectivity index (χ0v) is 17.6. The number of aliphatic imine (C=N–C) groups is 1. The first-order valence-corrected chi connectivity index (χ1v) is 10.7. The lowest BCUT2D eigenvalue weighted by molar-refractivity contribution is 0.274. The van der Waals surface area contributed by atoms with Gasteiger partial charge in [-0.15, -0.1) is 0 Å². The van der Waals surface area contributed by atoms with Crippen molar-refractivity contribution in [3.05, 3.63) is 35.4 Å². The summed E-state index contributed by atoms with van der Waals surface area (Å²) in [6, 6.07) is 8.64. The number of guanidine groups is 1. The first kappa shape index (κ1) is 21.7. The summed E-state index contributed by atoms with van der Waals surface area (Å²) in [5, 5.41) is 7.00. The smallest absolute Gasteiger partial charge is 0.191 e. The van der Waals surface area contributed by atoms with Crippen LogP contribution in [0.25, 0.3) is 0 Å². The number of hydrogen-bond acceptors (Lipinski definition) is 3. The fraction of sp³-hybridized carbons (Fsp3) is 0.682. The second kappa shape index (κ2) is 12.7.